The zero-order valence-corrected chi connectivity index (χ0v) is 19.4. The van der Waals surface area contributed by atoms with Crippen molar-refractivity contribution < 1.29 is 27.0 Å². The lowest BCUT2D eigenvalue weighted by Gasteiger charge is -2.53. The second-order valence-electron chi connectivity index (χ2n) is 8.47. The van der Waals surface area contributed by atoms with Crippen LogP contribution < -0.4 is 15.8 Å². The number of benzene rings is 1. The third-order valence-electron chi connectivity index (χ3n) is 6.04. The van der Waals surface area contributed by atoms with Gasteiger partial charge in [0.2, 0.25) is 0 Å². The van der Waals surface area contributed by atoms with Gasteiger partial charge in [0.15, 0.2) is 11.4 Å². The van der Waals surface area contributed by atoms with Crippen molar-refractivity contribution >= 4 is 38.8 Å². The van der Waals surface area contributed by atoms with Gasteiger partial charge < -0.3 is 15.8 Å². The number of anilines is 2. The minimum Gasteiger partial charge on any atom is -0.495 e. The van der Waals surface area contributed by atoms with E-state index in [1.54, 1.807) is 12.1 Å². The van der Waals surface area contributed by atoms with Crippen LogP contribution in [-0.2, 0) is 5.54 Å². The van der Waals surface area contributed by atoms with Crippen LogP contribution in [0.3, 0.4) is 0 Å². The Labute approximate surface area is 195 Å². The lowest BCUT2D eigenvalue weighted by molar-refractivity contribution is 0.0608. The number of aromatic nitrogens is 2. The standard InChI is InChI=1S/C22H24F3N5O3S/c1-21(2)20(26)30-22(19(24)25,11-34(21,31)32)15-9-13(4-5-16(15)23)29-18-17-12(6-7-27-18)8-14(33-3)10-28-17/h4-10,19,31-32H,11H2,1-3H3,(H2,26,30)(H,27,29). The van der Waals surface area contributed by atoms with Gasteiger partial charge in [-0.15, -0.1) is 0 Å². The molecule has 5 N–H and O–H groups in total. The summed E-state index contributed by atoms with van der Waals surface area (Å²) >= 11 is 0. The molecule has 1 unspecified atom stereocenters. The molecule has 0 saturated heterocycles. The van der Waals surface area contributed by atoms with E-state index in [1.165, 1.54) is 39.4 Å². The summed E-state index contributed by atoms with van der Waals surface area (Å²) in [6, 6.07) is 6.98. The van der Waals surface area contributed by atoms with Crippen LogP contribution in [0, 0.1) is 5.82 Å². The molecule has 0 bridgehead atoms. The molecule has 34 heavy (non-hydrogen) atoms. The summed E-state index contributed by atoms with van der Waals surface area (Å²) in [4.78, 5) is 12.5. The number of fused-ring (bicyclic) bond motifs is 1. The van der Waals surface area contributed by atoms with Crippen LogP contribution >= 0.6 is 10.6 Å². The maximum Gasteiger partial charge on any atom is 0.269 e. The molecule has 4 rings (SSSR count). The lowest BCUT2D eigenvalue weighted by Crippen LogP contribution is -2.55. The van der Waals surface area contributed by atoms with E-state index in [0.29, 0.717) is 22.5 Å². The van der Waals surface area contributed by atoms with Gasteiger partial charge >= 0.3 is 0 Å². The van der Waals surface area contributed by atoms with Crippen molar-refractivity contribution in [3.8, 4) is 5.75 Å². The Hall–Kier alpha value is -3.09. The van der Waals surface area contributed by atoms with Crippen LogP contribution in [0.1, 0.15) is 19.4 Å². The van der Waals surface area contributed by atoms with Gasteiger partial charge in [-0.3, -0.25) is 14.1 Å². The quantitative estimate of drug-likeness (QED) is 0.397. The highest BCUT2D eigenvalue weighted by molar-refractivity contribution is 8.26. The van der Waals surface area contributed by atoms with Crippen molar-refractivity contribution in [2.75, 3.05) is 18.2 Å². The third-order valence-corrected chi connectivity index (χ3v) is 8.73. The van der Waals surface area contributed by atoms with Crippen molar-refractivity contribution in [2.24, 2.45) is 10.7 Å². The van der Waals surface area contributed by atoms with Gasteiger partial charge in [0.25, 0.3) is 6.43 Å². The zero-order chi connectivity index (χ0) is 24.9. The molecule has 12 heteroatoms. The van der Waals surface area contributed by atoms with Gasteiger partial charge in [0.1, 0.15) is 27.7 Å². The number of ether oxygens (including phenoxy) is 1. The minimum atomic E-state index is -3.69. The Morgan fingerprint density at radius 3 is 2.56 bits per heavy atom. The van der Waals surface area contributed by atoms with Crippen molar-refractivity contribution in [3.05, 3.63) is 54.1 Å². The summed E-state index contributed by atoms with van der Waals surface area (Å²) in [7, 11) is -2.18. The third kappa shape index (κ3) is 3.81. The molecule has 0 aliphatic carbocycles. The number of pyridine rings is 2. The summed E-state index contributed by atoms with van der Waals surface area (Å²) < 4.78 is 68.9. The van der Waals surface area contributed by atoms with Crippen LogP contribution in [-0.4, -0.2) is 48.9 Å². The SMILES string of the molecule is COc1cnc2c(Nc3ccc(F)c(C4(C(F)F)CS(O)(O)C(C)(C)C(N)=N4)c3)nccc2c1. The van der Waals surface area contributed by atoms with E-state index in [0.717, 1.165) is 12.1 Å². The van der Waals surface area contributed by atoms with E-state index < -0.39 is 44.4 Å². The van der Waals surface area contributed by atoms with E-state index in [-0.39, 0.29) is 11.5 Å². The van der Waals surface area contributed by atoms with Crippen LogP contribution in [0.5, 0.6) is 5.75 Å². The molecule has 182 valence electrons. The normalized spacial score (nSPS) is 22.3. The van der Waals surface area contributed by atoms with Gasteiger partial charge in [-0.05, 0) is 44.2 Å². The summed E-state index contributed by atoms with van der Waals surface area (Å²) in [6.07, 6.45) is -0.230. The maximum absolute atomic E-state index is 14.9. The van der Waals surface area contributed by atoms with Gasteiger partial charge in [0, 0.05) is 22.8 Å². The average molecular weight is 496 g/mol. The highest BCUT2D eigenvalue weighted by Crippen LogP contribution is 2.60. The van der Waals surface area contributed by atoms with Crippen molar-refractivity contribution in [2.45, 2.75) is 30.6 Å². The van der Waals surface area contributed by atoms with Crippen molar-refractivity contribution in [3.63, 3.8) is 0 Å². The lowest BCUT2D eigenvalue weighted by atomic mass is 9.91. The van der Waals surface area contributed by atoms with Gasteiger partial charge in [-0.1, -0.05) is 0 Å². The van der Waals surface area contributed by atoms with E-state index in [2.05, 4.69) is 20.3 Å². The first-order chi connectivity index (χ1) is 15.9. The minimum absolute atomic E-state index is 0.226. The molecule has 3 heterocycles. The van der Waals surface area contributed by atoms with Crippen molar-refractivity contribution in [1.82, 2.24) is 9.97 Å². The Morgan fingerprint density at radius 2 is 1.91 bits per heavy atom. The number of hydrogen-bond acceptors (Lipinski definition) is 8. The molecule has 8 nitrogen and oxygen atoms in total. The van der Waals surface area contributed by atoms with Crippen molar-refractivity contribution in [1.29, 1.82) is 0 Å². The highest BCUT2D eigenvalue weighted by Gasteiger charge is 2.56. The number of nitrogens with zero attached hydrogens (tertiary/aromatic N) is 3. The molecule has 0 radical (unpaired) electrons. The molecule has 3 aromatic rings. The summed E-state index contributed by atoms with van der Waals surface area (Å²) in [5.41, 5.74) is 3.51. The summed E-state index contributed by atoms with van der Waals surface area (Å²) in [6.45, 7) is 2.80. The molecule has 0 spiro atoms. The molecule has 2 aromatic heterocycles. The fourth-order valence-electron chi connectivity index (χ4n) is 3.72. The average Bonchev–Trinajstić information content (AvgIpc) is 2.78. The smallest absolute Gasteiger partial charge is 0.269 e. The molecule has 1 aromatic carbocycles. The van der Waals surface area contributed by atoms with Gasteiger partial charge in [-0.2, -0.15) is 10.6 Å². The predicted octanol–water partition coefficient (Wildman–Crippen LogP) is 4.88. The van der Waals surface area contributed by atoms with Crippen LogP contribution in [0.4, 0.5) is 24.7 Å². The number of nitrogens with one attached hydrogen (secondary N) is 1. The molecule has 0 amide bonds. The number of amidine groups is 1. The predicted molar refractivity (Wildman–Crippen MR) is 127 cm³/mol. The number of alkyl halides is 2. The number of rotatable bonds is 5. The van der Waals surface area contributed by atoms with E-state index in [9.17, 15) is 22.3 Å². The summed E-state index contributed by atoms with van der Waals surface area (Å²) in [5, 5.41) is 3.68. The number of methoxy groups -OCH3 is 1. The van der Waals surface area contributed by atoms with Gasteiger partial charge in [-0.25, -0.2) is 23.1 Å². The first kappa shape index (κ1) is 24.0. The van der Waals surface area contributed by atoms with Gasteiger partial charge in [0.05, 0.1) is 19.1 Å². The molecular weight excluding hydrogens is 471 g/mol. The molecule has 1 aliphatic rings. The van der Waals surface area contributed by atoms with E-state index in [4.69, 9.17) is 10.5 Å². The number of halogens is 3. The topological polar surface area (TPSA) is 126 Å². The second kappa shape index (κ2) is 8.29. The molecule has 0 saturated carbocycles. The molecule has 1 aliphatic heterocycles. The highest BCUT2D eigenvalue weighted by atomic mass is 32.3. The largest absolute Gasteiger partial charge is 0.495 e. The fraction of sp³-hybridized carbons (Fsp3) is 0.318. The Kier molecular flexibility index (Phi) is 5.86. The van der Waals surface area contributed by atoms with Crippen LogP contribution in [0.2, 0.25) is 0 Å². The zero-order valence-electron chi connectivity index (χ0n) is 18.6. The first-order valence-corrected chi connectivity index (χ1v) is 11.9. The Morgan fingerprint density at radius 1 is 1.18 bits per heavy atom. The van der Waals surface area contributed by atoms with E-state index in [1.807, 2.05) is 0 Å². The number of hydrogen-bond donors (Lipinski definition) is 4. The van der Waals surface area contributed by atoms with E-state index >= 15 is 0 Å². The Balaban J connectivity index is 1.81. The summed E-state index contributed by atoms with van der Waals surface area (Å²) in [5.74, 6) is -1.39. The molecule has 0 fully saturated rings. The van der Waals surface area contributed by atoms with Crippen LogP contribution in [0.25, 0.3) is 10.9 Å². The molecular formula is C22H24F3N5O3S. The second-order valence-corrected chi connectivity index (χ2v) is 11.1. The monoisotopic (exact) mass is 495 g/mol. The Bertz CT molecular complexity index is 1290. The first-order valence-electron chi connectivity index (χ1n) is 10.2. The van der Waals surface area contributed by atoms with Crippen LogP contribution in [0.15, 0.2) is 47.7 Å². The number of nitrogens with two attached hydrogens (primary N) is 1. The number of aliphatic imine (C=N–C) groups is 1. The molecule has 1 atom stereocenters. The maximum atomic E-state index is 14.9. The fourth-order valence-corrected chi connectivity index (χ4v) is 5.42.